The van der Waals surface area contributed by atoms with Gasteiger partial charge in [0.25, 0.3) is 0 Å². The summed E-state index contributed by atoms with van der Waals surface area (Å²) in [5.74, 6) is 0.107. The van der Waals surface area contributed by atoms with Crippen LogP contribution in [0.15, 0.2) is 30.3 Å². The van der Waals surface area contributed by atoms with E-state index in [1.807, 2.05) is 36.4 Å². The summed E-state index contributed by atoms with van der Waals surface area (Å²) in [6.45, 7) is 6.32. The van der Waals surface area contributed by atoms with E-state index in [9.17, 15) is 4.79 Å². The quantitative estimate of drug-likeness (QED) is 0.639. The number of rotatable bonds is 0. The Morgan fingerprint density at radius 1 is 1.24 bits per heavy atom. The van der Waals surface area contributed by atoms with Crippen molar-refractivity contribution >= 4 is 11.9 Å². The van der Waals surface area contributed by atoms with Crippen LogP contribution in [0.3, 0.4) is 0 Å². The number of hydrogen-bond donors (Lipinski definition) is 0. The molecule has 1 aromatic rings. The van der Waals surface area contributed by atoms with Crippen LogP contribution in [0.5, 0.6) is 0 Å². The largest absolute Gasteiger partial charge is 0.352 e. The van der Waals surface area contributed by atoms with Crippen molar-refractivity contribution in [1.29, 1.82) is 0 Å². The first-order chi connectivity index (χ1) is 7.95. The first-order valence-corrected chi connectivity index (χ1v) is 5.96. The lowest BCUT2D eigenvalue weighted by Crippen LogP contribution is -2.33. The van der Waals surface area contributed by atoms with Crippen LogP contribution in [-0.2, 0) is 4.74 Å². The molecule has 1 fully saturated rings. The second-order valence-corrected chi connectivity index (χ2v) is 5.91. The molecule has 1 aromatic carbocycles. The second-order valence-electron chi connectivity index (χ2n) is 5.91. The van der Waals surface area contributed by atoms with Crippen LogP contribution in [0.2, 0.25) is 0 Å². The minimum atomic E-state index is -0.688. The molecule has 0 aromatic heterocycles. The number of ketones is 1. The number of fused-ring (bicyclic) bond motifs is 1. The average molecular weight is 228 g/mol. The fourth-order valence-corrected chi connectivity index (χ4v) is 2.63. The van der Waals surface area contributed by atoms with Crippen LogP contribution < -0.4 is 0 Å². The molecule has 17 heavy (non-hydrogen) atoms. The lowest BCUT2D eigenvalue weighted by Gasteiger charge is -2.20. The molecule has 2 heteroatoms. The topological polar surface area (TPSA) is 29.6 Å². The van der Waals surface area contributed by atoms with E-state index < -0.39 is 5.60 Å². The summed E-state index contributed by atoms with van der Waals surface area (Å²) in [4.78, 5) is 12.5. The van der Waals surface area contributed by atoms with E-state index in [2.05, 4.69) is 20.8 Å². The Balaban J connectivity index is 2.03. The number of carbonyl (C=O) groups excluding carboxylic acids is 1. The Labute approximate surface area is 101 Å². The molecule has 2 nitrogen and oxygen atoms in total. The van der Waals surface area contributed by atoms with Crippen molar-refractivity contribution in [2.24, 2.45) is 5.41 Å². The van der Waals surface area contributed by atoms with Crippen LogP contribution in [0.25, 0.3) is 6.08 Å². The Hall–Kier alpha value is -1.41. The molecule has 0 N–H and O–H groups in total. The Kier molecular flexibility index (Phi) is 1.94. The van der Waals surface area contributed by atoms with Crippen LogP contribution in [0.1, 0.15) is 36.7 Å². The van der Waals surface area contributed by atoms with Crippen molar-refractivity contribution < 1.29 is 9.53 Å². The Bertz CT molecular complexity index is 522. The second kappa shape index (κ2) is 3.08. The first kappa shape index (κ1) is 10.7. The molecule has 1 saturated heterocycles. The summed E-state index contributed by atoms with van der Waals surface area (Å²) < 4.78 is 5.74. The highest BCUT2D eigenvalue weighted by atomic mass is 16.6. The summed E-state index contributed by atoms with van der Waals surface area (Å²) in [6, 6.07) is 7.69. The molecular weight excluding hydrogens is 212 g/mol. The van der Waals surface area contributed by atoms with Gasteiger partial charge in [0.1, 0.15) is 6.10 Å². The highest BCUT2D eigenvalue weighted by Gasteiger charge is 2.65. The zero-order valence-corrected chi connectivity index (χ0v) is 10.4. The number of hydrogen-bond acceptors (Lipinski definition) is 2. The van der Waals surface area contributed by atoms with Gasteiger partial charge in [-0.05, 0) is 17.1 Å². The molecular formula is C15H16O2. The maximum atomic E-state index is 12.5. The summed E-state index contributed by atoms with van der Waals surface area (Å²) in [5.41, 5.74) is 1.08. The predicted octanol–water partition coefficient (Wildman–Crippen LogP) is 3.08. The van der Waals surface area contributed by atoms with Gasteiger partial charge in [-0.2, -0.15) is 0 Å². The number of ether oxygens (including phenoxy) is 1. The normalized spacial score (nSPS) is 30.5. The zero-order valence-electron chi connectivity index (χ0n) is 10.4. The number of benzene rings is 1. The molecule has 88 valence electrons. The fraction of sp³-hybridized carbons (Fsp3) is 0.400. The Morgan fingerprint density at radius 3 is 2.59 bits per heavy atom. The van der Waals surface area contributed by atoms with Crippen molar-refractivity contribution in [3.63, 3.8) is 0 Å². The van der Waals surface area contributed by atoms with E-state index in [1.165, 1.54) is 0 Å². The van der Waals surface area contributed by atoms with Gasteiger partial charge in [-0.3, -0.25) is 4.79 Å². The monoisotopic (exact) mass is 228 g/mol. The number of Topliss-reactive ketones (excluding diaryl/α,β-unsaturated/α-hetero) is 1. The Morgan fingerprint density at radius 2 is 1.94 bits per heavy atom. The molecule has 3 rings (SSSR count). The molecule has 0 radical (unpaired) electrons. The lowest BCUT2D eigenvalue weighted by molar-refractivity contribution is 0.0907. The van der Waals surface area contributed by atoms with Crippen molar-refractivity contribution in [3.05, 3.63) is 41.5 Å². The highest BCUT2D eigenvalue weighted by Crippen LogP contribution is 2.52. The molecule has 0 unspecified atom stereocenters. The lowest BCUT2D eigenvalue weighted by atomic mass is 9.78. The van der Waals surface area contributed by atoms with Crippen molar-refractivity contribution in [1.82, 2.24) is 0 Å². The van der Waals surface area contributed by atoms with Gasteiger partial charge in [0.15, 0.2) is 5.60 Å². The number of carbonyl (C=O) groups is 1. The van der Waals surface area contributed by atoms with Crippen LogP contribution in [-0.4, -0.2) is 17.5 Å². The van der Waals surface area contributed by atoms with E-state index in [4.69, 9.17) is 4.74 Å². The van der Waals surface area contributed by atoms with Crippen molar-refractivity contribution in [2.75, 3.05) is 0 Å². The zero-order chi connectivity index (χ0) is 12.3. The van der Waals surface area contributed by atoms with Crippen molar-refractivity contribution in [2.45, 2.75) is 32.5 Å². The van der Waals surface area contributed by atoms with Gasteiger partial charge in [0.05, 0.1) is 0 Å². The SMILES string of the molecule is CC(C)(C)[C@@H]1O[C@]12C=Cc1ccccc1C2=O. The molecule has 2 aliphatic rings. The summed E-state index contributed by atoms with van der Waals surface area (Å²) >= 11 is 0. The van der Waals surface area contributed by atoms with Gasteiger partial charge < -0.3 is 4.74 Å². The maximum absolute atomic E-state index is 12.5. The van der Waals surface area contributed by atoms with Gasteiger partial charge in [0.2, 0.25) is 5.78 Å². The third-order valence-corrected chi connectivity index (χ3v) is 3.50. The summed E-state index contributed by atoms with van der Waals surface area (Å²) in [5, 5.41) is 0. The maximum Gasteiger partial charge on any atom is 0.201 e. The van der Waals surface area contributed by atoms with Gasteiger partial charge in [0, 0.05) is 5.56 Å². The minimum Gasteiger partial charge on any atom is -0.352 e. The fourth-order valence-electron chi connectivity index (χ4n) is 2.63. The standard InChI is InChI=1S/C15H16O2/c1-14(2,3)13-15(17-13)9-8-10-6-4-5-7-11(10)12(15)16/h4-9,13H,1-3H3/t13-,15-/m0/s1. The smallest absolute Gasteiger partial charge is 0.201 e. The van der Waals surface area contributed by atoms with Gasteiger partial charge in [-0.15, -0.1) is 0 Å². The van der Waals surface area contributed by atoms with Crippen molar-refractivity contribution in [3.8, 4) is 0 Å². The minimum absolute atomic E-state index is 0.00731. The van der Waals surface area contributed by atoms with Crippen LogP contribution in [0.4, 0.5) is 0 Å². The van der Waals surface area contributed by atoms with Crippen LogP contribution >= 0.6 is 0 Å². The highest BCUT2D eigenvalue weighted by molar-refractivity contribution is 6.11. The van der Waals surface area contributed by atoms with Crippen LogP contribution in [0, 0.1) is 5.41 Å². The molecule has 1 spiro atoms. The van der Waals surface area contributed by atoms with E-state index >= 15 is 0 Å². The first-order valence-electron chi connectivity index (χ1n) is 5.96. The molecule has 0 bridgehead atoms. The summed E-state index contributed by atoms with van der Waals surface area (Å²) in [6.07, 6.45) is 3.92. The third-order valence-electron chi connectivity index (χ3n) is 3.50. The number of epoxide rings is 1. The molecule has 2 atom stereocenters. The van der Waals surface area contributed by atoms with Gasteiger partial charge in [-0.1, -0.05) is 51.1 Å². The molecule has 1 aliphatic carbocycles. The third kappa shape index (κ3) is 1.40. The van der Waals surface area contributed by atoms with E-state index in [0.29, 0.717) is 0 Å². The van der Waals surface area contributed by atoms with E-state index in [1.54, 1.807) is 0 Å². The average Bonchev–Trinajstić information content (AvgIpc) is 3.00. The predicted molar refractivity (Wildman–Crippen MR) is 66.9 cm³/mol. The molecule has 0 saturated carbocycles. The molecule has 1 heterocycles. The molecule has 1 aliphatic heterocycles. The van der Waals surface area contributed by atoms with E-state index in [0.717, 1.165) is 11.1 Å². The van der Waals surface area contributed by atoms with Gasteiger partial charge >= 0.3 is 0 Å². The van der Waals surface area contributed by atoms with E-state index in [-0.39, 0.29) is 17.3 Å². The summed E-state index contributed by atoms with van der Waals surface area (Å²) in [7, 11) is 0. The van der Waals surface area contributed by atoms with Gasteiger partial charge in [-0.25, -0.2) is 0 Å². The molecule has 0 amide bonds.